The highest BCUT2D eigenvalue weighted by molar-refractivity contribution is 5.91. The average Bonchev–Trinajstić information content (AvgIpc) is 3.10. The van der Waals surface area contributed by atoms with E-state index >= 15 is 0 Å². The second-order valence-corrected chi connectivity index (χ2v) is 5.84. The molecule has 7 nitrogen and oxygen atoms in total. The SMILES string of the molecule is Cc1ccc(-c2cnc(CCC(=O)Nc3cccc([N+](=O)[O-])c3)o2)cc1. The minimum Gasteiger partial charge on any atom is -0.441 e. The fourth-order valence-electron chi connectivity index (χ4n) is 2.42. The molecule has 0 fully saturated rings. The maximum absolute atomic E-state index is 12.0. The number of non-ortho nitro benzene ring substituents is 1. The van der Waals surface area contributed by atoms with Crippen LogP contribution in [0.3, 0.4) is 0 Å². The van der Waals surface area contributed by atoms with Gasteiger partial charge >= 0.3 is 0 Å². The number of rotatable bonds is 6. The Balaban J connectivity index is 1.57. The summed E-state index contributed by atoms with van der Waals surface area (Å²) < 4.78 is 5.68. The Labute approximate surface area is 149 Å². The van der Waals surface area contributed by atoms with Crippen LogP contribution >= 0.6 is 0 Å². The summed E-state index contributed by atoms with van der Waals surface area (Å²) in [6.45, 7) is 2.01. The van der Waals surface area contributed by atoms with Gasteiger partial charge in [0.25, 0.3) is 5.69 Å². The summed E-state index contributed by atoms with van der Waals surface area (Å²) in [5.74, 6) is 0.856. The summed E-state index contributed by atoms with van der Waals surface area (Å²) in [7, 11) is 0. The Hall–Kier alpha value is -3.48. The zero-order chi connectivity index (χ0) is 18.5. The van der Waals surface area contributed by atoms with E-state index in [9.17, 15) is 14.9 Å². The number of nitro groups is 1. The third-order valence-corrected chi connectivity index (χ3v) is 3.80. The van der Waals surface area contributed by atoms with E-state index in [0.29, 0.717) is 23.8 Å². The summed E-state index contributed by atoms with van der Waals surface area (Å²) in [6, 6.07) is 13.7. The molecule has 1 N–H and O–H groups in total. The van der Waals surface area contributed by atoms with E-state index in [2.05, 4.69) is 10.3 Å². The molecule has 1 heterocycles. The van der Waals surface area contributed by atoms with Gasteiger partial charge < -0.3 is 9.73 Å². The molecule has 1 amide bonds. The van der Waals surface area contributed by atoms with Crippen molar-refractivity contribution < 1.29 is 14.1 Å². The van der Waals surface area contributed by atoms with Crippen LogP contribution in [0.2, 0.25) is 0 Å². The van der Waals surface area contributed by atoms with Crippen LogP contribution < -0.4 is 5.32 Å². The lowest BCUT2D eigenvalue weighted by Crippen LogP contribution is -2.12. The smallest absolute Gasteiger partial charge is 0.271 e. The van der Waals surface area contributed by atoms with Crippen molar-refractivity contribution in [1.29, 1.82) is 0 Å². The molecule has 0 aliphatic carbocycles. The van der Waals surface area contributed by atoms with Crippen molar-refractivity contribution >= 4 is 17.3 Å². The lowest BCUT2D eigenvalue weighted by Gasteiger charge is -2.04. The predicted molar refractivity (Wildman–Crippen MR) is 96.7 cm³/mol. The van der Waals surface area contributed by atoms with Gasteiger partial charge in [0.05, 0.1) is 11.1 Å². The molecular weight excluding hydrogens is 334 g/mol. The van der Waals surface area contributed by atoms with Crippen molar-refractivity contribution in [3.05, 3.63) is 76.3 Å². The highest BCUT2D eigenvalue weighted by Crippen LogP contribution is 2.21. The third kappa shape index (κ3) is 4.32. The molecule has 0 bridgehead atoms. The summed E-state index contributed by atoms with van der Waals surface area (Å²) in [4.78, 5) is 26.5. The molecule has 132 valence electrons. The van der Waals surface area contributed by atoms with Gasteiger partial charge in [-0.1, -0.05) is 35.9 Å². The summed E-state index contributed by atoms with van der Waals surface area (Å²) in [5.41, 5.74) is 2.40. The lowest BCUT2D eigenvalue weighted by atomic mass is 10.1. The zero-order valence-electron chi connectivity index (χ0n) is 14.1. The average molecular weight is 351 g/mol. The Morgan fingerprint density at radius 3 is 2.73 bits per heavy atom. The van der Waals surface area contributed by atoms with E-state index in [1.54, 1.807) is 12.3 Å². The normalized spacial score (nSPS) is 10.5. The molecular formula is C19H17N3O4. The van der Waals surface area contributed by atoms with Gasteiger partial charge in [0.1, 0.15) is 0 Å². The molecule has 1 aromatic heterocycles. The van der Waals surface area contributed by atoms with E-state index in [1.807, 2.05) is 31.2 Å². The van der Waals surface area contributed by atoms with Gasteiger partial charge in [-0.05, 0) is 13.0 Å². The maximum atomic E-state index is 12.0. The molecule has 0 spiro atoms. The number of oxazole rings is 1. The minimum atomic E-state index is -0.505. The van der Waals surface area contributed by atoms with Crippen LogP contribution in [0, 0.1) is 17.0 Å². The van der Waals surface area contributed by atoms with Crippen LogP contribution in [0.4, 0.5) is 11.4 Å². The van der Waals surface area contributed by atoms with Gasteiger partial charge in [-0.2, -0.15) is 0 Å². The van der Waals surface area contributed by atoms with Gasteiger partial charge in [-0.25, -0.2) is 4.98 Å². The largest absolute Gasteiger partial charge is 0.441 e. The first kappa shape index (κ1) is 17.3. The lowest BCUT2D eigenvalue weighted by molar-refractivity contribution is -0.384. The summed E-state index contributed by atoms with van der Waals surface area (Å²) >= 11 is 0. The topological polar surface area (TPSA) is 98.3 Å². The zero-order valence-corrected chi connectivity index (χ0v) is 14.1. The highest BCUT2D eigenvalue weighted by atomic mass is 16.6. The van der Waals surface area contributed by atoms with Crippen molar-refractivity contribution in [2.75, 3.05) is 5.32 Å². The Morgan fingerprint density at radius 1 is 1.23 bits per heavy atom. The predicted octanol–water partition coefficient (Wildman–Crippen LogP) is 4.13. The van der Waals surface area contributed by atoms with Crippen LogP contribution in [0.5, 0.6) is 0 Å². The number of aromatic nitrogens is 1. The molecule has 7 heteroatoms. The Morgan fingerprint density at radius 2 is 2.00 bits per heavy atom. The van der Waals surface area contributed by atoms with Crippen LogP contribution in [0.15, 0.2) is 59.1 Å². The van der Waals surface area contributed by atoms with Crippen LogP contribution in [-0.2, 0) is 11.2 Å². The number of hydrogen-bond donors (Lipinski definition) is 1. The number of aryl methyl sites for hydroxylation is 2. The second-order valence-electron chi connectivity index (χ2n) is 5.84. The molecule has 3 aromatic rings. The molecule has 3 rings (SSSR count). The second kappa shape index (κ2) is 7.60. The molecule has 0 atom stereocenters. The van der Waals surface area contributed by atoms with Crippen molar-refractivity contribution in [1.82, 2.24) is 4.98 Å². The maximum Gasteiger partial charge on any atom is 0.271 e. The van der Waals surface area contributed by atoms with Crippen molar-refractivity contribution in [3.8, 4) is 11.3 Å². The number of amides is 1. The molecule has 0 saturated carbocycles. The first-order chi connectivity index (χ1) is 12.5. The first-order valence-corrected chi connectivity index (χ1v) is 8.07. The van der Waals surface area contributed by atoms with Gasteiger partial charge in [0.2, 0.25) is 5.91 Å². The van der Waals surface area contributed by atoms with E-state index in [0.717, 1.165) is 11.1 Å². The van der Waals surface area contributed by atoms with Gasteiger partial charge in [0, 0.05) is 36.2 Å². The molecule has 0 aliphatic rings. The molecule has 0 radical (unpaired) electrons. The van der Waals surface area contributed by atoms with Crippen molar-refractivity contribution in [2.45, 2.75) is 19.8 Å². The number of benzene rings is 2. The number of carbonyl (C=O) groups is 1. The molecule has 0 aliphatic heterocycles. The standard InChI is InChI=1S/C19H17N3O4/c1-13-5-7-14(8-6-13)17-12-20-19(26-17)10-9-18(23)21-15-3-2-4-16(11-15)22(24)25/h2-8,11-12H,9-10H2,1H3,(H,21,23). The minimum absolute atomic E-state index is 0.0711. The van der Waals surface area contributed by atoms with E-state index in [-0.39, 0.29) is 18.0 Å². The third-order valence-electron chi connectivity index (χ3n) is 3.80. The monoisotopic (exact) mass is 351 g/mol. The number of carbonyl (C=O) groups excluding carboxylic acids is 1. The van der Waals surface area contributed by atoms with E-state index in [1.165, 1.54) is 18.2 Å². The van der Waals surface area contributed by atoms with Crippen molar-refractivity contribution in [3.63, 3.8) is 0 Å². The summed E-state index contributed by atoms with van der Waals surface area (Å²) in [5, 5.41) is 13.4. The number of nitrogens with one attached hydrogen (secondary N) is 1. The van der Waals surface area contributed by atoms with Gasteiger partial charge in [-0.3, -0.25) is 14.9 Å². The number of nitro benzene ring substituents is 1. The van der Waals surface area contributed by atoms with Crippen LogP contribution in [0.25, 0.3) is 11.3 Å². The van der Waals surface area contributed by atoms with Crippen LogP contribution in [0.1, 0.15) is 17.9 Å². The first-order valence-electron chi connectivity index (χ1n) is 8.07. The Bertz CT molecular complexity index is 932. The van der Waals surface area contributed by atoms with E-state index < -0.39 is 4.92 Å². The van der Waals surface area contributed by atoms with Gasteiger partial charge in [-0.15, -0.1) is 0 Å². The highest BCUT2D eigenvalue weighted by Gasteiger charge is 2.11. The fraction of sp³-hybridized carbons (Fsp3) is 0.158. The molecule has 0 saturated heterocycles. The summed E-state index contributed by atoms with van der Waals surface area (Å²) in [6.07, 6.45) is 2.14. The number of anilines is 1. The Kier molecular flexibility index (Phi) is 5.07. The number of nitrogens with zero attached hydrogens (tertiary/aromatic N) is 2. The van der Waals surface area contributed by atoms with Crippen molar-refractivity contribution in [2.24, 2.45) is 0 Å². The van der Waals surface area contributed by atoms with Gasteiger partial charge in [0.15, 0.2) is 11.7 Å². The van der Waals surface area contributed by atoms with E-state index in [4.69, 9.17) is 4.42 Å². The van der Waals surface area contributed by atoms with Crippen LogP contribution in [-0.4, -0.2) is 15.8 Å². The molecule has 2 aromatic carbocycles. The number of hydrogen-bond acceptors (Lipinski definition) is 5. The molecule has 0 unspecified atom stereocenters. The molecule has 26 heavy (non-hydrogen) atoms. The quantitative estimate of drug-likeness (QED) is 0.532. The fourth-order valence-corrected chi connectivity index (χ4v) is 2.42.